The molecule has 3 rings (SSSR count). The monoisotopic (exact) mass is 255 g/mol. The van der Waals surface area contributed by atoms with Crippen LogP contribution in [0.5, 0.6) is 5.75 Å². The van der Waals surface area contributed by atoms with Crippen LogP contribution in [-0.4, -0.2) is 11.6 Å². The van der Waals surface area contributed by atoms with Crippen LogP contribution < -0.4 is 16.0 Å². The number of nitrogens with two attached hydrogens (primary N) is 1. The summed E-state index contributed by atoms with van der Waals surface area (Å²) in [5.41, 5.74) is 7.03. The second-order valence-electron chi connectivity index (χ2n) is 4.74. The van der Waals surface area contributed by atoms with Crippen LogP contribution in [-0.2, 0) is 6.42 Å². The molecular weight excluding hydrogens is 238 g/mol. The van der Waals surface area contributed by atoms with E-state index >= 15 is 0 Å². The first-order chi connectivity index (χ1) is 9.29. The first kappa shape index (κ1) is 12.1. The number of para-hydroxylation sites is 1. The zero-order chi connectivity index (χ0) is 13.2. The molecule has 2 heterocycles. The zero-order valence-corrected chi connectivity index (χ0v) is 10.9. The number of aryl methyl sites for hydroxylation is 1. The normalized spacial score (nSPS) is 14.8. The molecule has 0 saturated carbocycles. The SMILES string of the molecule is Cc1cccc(C(NN)c2cccc3c2OCC3)n1. The minimum atomic E-state index is -0.145. The van der Waals surface area contributed by atoms with Crippen LogP contribution in [0.1, 0.15) is 28.6 Å². The highest BCUT2D eigenvalue weighted by Crippen LogP contribution is 2.35. The molecule has 1 aromatic carbocycles. The summed E-state index contributed by atoms with van der Waals surface area (Å²) in [4.78, 5) is 4.55. The van der Waals surface area contributed by atoms with Gasteiger partial charge in [0.05, 0.1) is 18.3 Å². The Balaban J connectivity index is 2.06. The standard InChI is InChI=1S/C15H17N3O/c1-10-4-2-7-13(17-10)14(18-16)12-6-3-5-11-8-9-19-15(11)12/h2-7,14,18H,8-9,16H2,1H3. The lowest BCUT2D eigenvalue weighted by Gasteiger charge is -2.18. The number of nitrogens with zero attached hydrogens (tertiary/aromatic N) is 1. The largest absolute Gasteiger partial charge is 0.493 e. The molecule has 1 unspecified atom stereocenters. The third-order valence-corrected chi connectivity index (χ3v) is 3.43. The van der Waals surface area contributed by atoms with E-state index in [9.17, 15) is 0 Å². The fourth-order valence-electron chi connectivity index (χ4n) is 2.53. The van der Waals surface area contributed by atoms with Crippen molar-refractivity contribution in [2.75, 3.05) is 6.61 Å². The molecule has 0 spiro atoms. The van der Waals surface area contributed by atoms with Crippen LogP contribution in [0.2, 0.25) is 0 Å². The third-order valence-electron chi connectivity index (χ3n) is 3.43. The van der Waals surface area contributed by atoms with Gasteiger partial charge in [0.2, 0.25) is 0 Å². The highest BCUT2D eigenvalue weighted by molar-refractivity contribution is 5.47. The molecule has 3 N–H and O–H groups in total. The van der Waals surface area contributed by atoms with Gasteiger partial charge in [0, 0.05) is 17.7 Å². The van der Waals surface area contributed by atoms with Gasteiger partial charge in [-0.2, -0.15) is 0 Å². The number of rotatable bonds is 3. The molecule has 1 aliphatic rings. The lowest BCUT2D eigenvalue weighted by atomic mass is 9.99. The van der Waals surface area contributed by atoms with Gasteiger partial charge in [-0.15, -0.1) is 0 Å². The van der Waals surface area contributed by atoms with Gasteiger partial charge in [-0.05, 0) is 24.6 Å². The van der Waals surface area contributed by atoms with Gasteiger partial charge in [0.1, 0.15) is 5.75 Å². The molecule has 0 fully saturated rings. The Labute approximate surface area is 112 Å². The van der Waals surface area contributed by atoms with Crippen molar-refractivity contribution < 1.29 is 4.74 Å². The lowest BCUT2D eigenvalue weighted by molar-refractivity contribution is 0.350. The smallest absolute Gasteiger partial charge is 0.127 e. The van der Waals surface area contributed by atoms with E-state index < -0.39 is 0 Å². The topological polar surface area (TPSA) is 60.2 Å². The molecule has 2 aromatic rings. The van der Waals surface area contributed by atoms with Gasteiger partial charge in [0.25, 0.3) is 0 Å². The maximum atomic E-state index is 5.74. The van der Waals surface area contributed by atoms with Crippen LogP contribution >= 0.6 is 0 Å². The number of ether oxygens (including phenoxy) is 1. The number of hydrazine groups is 1. The Morgan fingerprint density at radius 1 is 1.26 bits per heavy atom. The van der Waals surface area contributed by atoms with Crippen molar-refractivity contribution in [3.8, 4) is 5.75 Å². The van der Waals surface area contributed by atoms with E-state index in [1.807, 2.05) is 37.3 Å². The van der Waals surface area contributed by atoms with Crippen LogP contribution in [0.3, 0.4) is 0 Å². The van der Waals surface area contributed by atoms with Crippen molar-refractivity contribution in [1.82, 2.24) is 10.4 Å². The van der Waals surface area contributed by atoms with Crippen LogP contribution in [0.15, 0.2) is 36.4 Å². The predicted octanol–water partition coefficient (Wildman–Crippen LogP) is 1.88. The second-order valence-corrected chi connectivity index (χ2v) is 4.74. The van der Waals surface area contributed by atoms with Crippen LogP contribution in [0.4, 0.5) is 0 Å². The number of fused-ring (bicyclic) bond motifs is 1. The maximum absolute atomic E-state index is 5.74. The number of pyridine rings is 1. The van der Waals surface area contributed by atoms with E-state index in [-0.39, 0.29) is 6.04 Å². The summed E-state index contributed by atoms with van der Waals surface area (Å²) in [6.45, 7) is 2.72. The van der Waals surface area contributed by atoms with Gasteiger partial charge < -0.3 is 4.74 Å². The summed E-state index contributed by atoms with van der Waals surface area (Å²) in [5.74, 6) is 6.69. The molecular formula is C15H17N3O. The maximum Gasteiger partial charge on any atom is 0.127 e. The molecule has 0 bridgehead atoms. The quantitative estimate of drug-likeness (QED) is 0.649. The van der Waals surface area contributed by atoms with E-state index in [0.29, 0.717) is 0 Å². The number of hydrogen-bond donors (Lipinski definition) is 2. The zero-order valence-electron chi connectivity index (χ0n) is 10.9. The Hall–Kier alpha value is -1.91. The van der Waals surface area contributed by atoms with Gasteiger partial charge in [0.15, 0.2) is 0 Å². The summed E-state index contributed by atoms with van der Waals surface area (Å²) in [6.07, 6.45) is 0.960. The highest BCUT2D eigenvalue weighted by Gasteiger charge is 2.23. The van der Waals surface area contributed by atoms with Gasteiger partial charge in [-0.3, -0.25) is 10.8 Å². The Morgan fingerprint density at radius 3 is 2.89 bits per heavy atom. The van der Waals surface area contributed by atoms with Crippen LogP contribution in [0, 0.1) is 6.92 Å². The van der Waals surface area contributed by atoms with Gasteiger partial charge >= 0.3 is 0 Å². The van der Waals surface area contributed by atoms with Crippen LogP contribution in [0.25, 0.3) is 0 Å². The van der Waals surface area contributed by atoms with E-state index in [2.05, 4.69) is 16.5 Å². The summed E-state index contributed by atoms with van der Waals surface area (Å²) in [6, 6.07) is 12.0. The molecule has 98 valence electrons. The fourth-order valence-corrected chi connectivity index (χ4v) is 2.53. The molecule has 1 aliphatic heterocycles. The first-order valence-electron chi connectivity index (χ1n) is 6.44. The van der Waals surface area contributed by atoms with Crippen molar-refractivity contribution in [1.29, 1.82) is 0 Å². The third kappa shape index (κ3) is 2.20. The molecule has 19 heavy (non-hydrogen) atoms. The minimum Gasteiger partial charge on any atom is -0.493 e. The molecule has 0 saturated heterocycles. The predicted molar refractivity (Wildman–Crippen MR) is 73.8 cm³/mol. The average Bonchev–Trinajstić information content (AvgIpc) is 2.89. The molecule has 0 aliphatic carbocycles. The van der Waals surface area contributed by atoms with E-state index in [1.165, 1.54) is 5.56 Å². The number of benzene rings is 1. The molecule has 0 radical (unpaired) electrons. The van der Waals surface area contributed by atoms with Crippen molar-refractivity contribution in [2.24, 2.45) is 5.84 Å². The van der Waals surface area contributed by atoms with Crippen molar-refractivity contribution in [2.45, 2.75) is 19.4 Å². The molecule has 1 aromatic heterocycles. The van der Waals surface area contributed by atoms with Crippen molar-refractivity contribution >= 4 is 0 Å². The second kappa shape index (κ2) is 4.99. The summed E-state index contributed by atoms with van der Waals surface area (Å²) in [7, 11) is 0. The molecule has 0 amide bonds. The number of nitrogens with one attached hydrogen (secondary N) is 1. The molecule has 4 nitrogen and oxygen atoms in total. The molecule has 4 heteroatoms. The Morgan fingerprint density at radius 2 is 2.11 bits per heavy atom. The summed E-state index contributed by atoms with van der Waals surface area (Å²) < 4.78 is 5.74. The average molecular weight is 255 g/mol. The number of aromatic nitrogens is 1. The highest BCUT2D eigenvalue weighted by atomic mass is 16.5. The summed E-state index contributed by atoms with van der Waals surface area (Å²) in [5, 5.41) is 0. The van der Waals surface area contributed by atoms with E-state index in [1.54, 1.807) is 0 Å². The fraction of sp³-hybridized carbons (Fsp3) is 0.267. The number of hydrogen-bond acceptors (Lipinski definition) is 4. The first-order valence-corrected chi connectivity index (χ1v) is 6.44. The van der Waals surface area contributed by atoms with E-state index in [4.69, 9.17) is 10.6 Å². The van der Waals surface area contributed by atoms with Gasteiger partial charge in [-0.25, -0.2) is 5.43 Å². The van der Waals surface area contributed by atoms with Gasteiger partial charge in [-0.1, -0.05) is 24.3 Å². The van der Waals surface area contributed by atoms with E-state index in [0.717, 1.165) is 35.7 Å². The summed E-state index contributed by atoms with van der Waals surface area (Å²) >= 11 is 0. The van der Waals surface area contributed by atoms with Crippen molar-refractivity contribution in [3.63, 3.8) is 0 Å². The Kier molecular flexibility index (Phi) is 3.19. The van der Waals surface area contributed by atoms with Crippen molar-refractivity contribution in [3.05, 3.63) is 58.9 Å². The Bertz CT molecular complexity index is 598. The molecule has 1 atom stereocenters. The lowest BCUT2D eigenvalue weighted by Crippen LogP contribution is -2.30. The minimum absolute atomic E-state index is 0.145.